The van der Waals surface area contributed by atoms with E-state index in [9.17, 15) is 0 Å². The number of aromatic nitrogens is 1. The van der Waals surface area contributed by atoms with Gasteiger partial charge in [-0.15, -0.1) is 0 Å². The zero-order valence-corrected chi connectivity index (χ0v) is 9.12. The largest absolute Gasteiger partial charge is 0.475 e. The lowest BCUT2D eigenvalue weighted by atomic mass is 10.3. The summed E-state index contributed by atoms with van der Waals surface area (Å²) in [4.78, 5) is 3.92. The van der Waals surface area contributed by atoms with Crippen molar-refractivity contribution in [2.75, 3.05) is 19.8 Å². The Hall–Kier alpha value is -1.31. The summed E-state index contributed by atoms with van der Waals surface area (Å²) in [5.74, 6) is 0.346. The highest BCUT2D eigenvalue weighted by Crippen LogP contribution is 2.15. The Bertz CT molecular complexity index is 363. The number of rotatable bonds is 5. The average Bonchev–Trinajstić information content (AvgIpc) is 2.23. The van der Waals surface area contributed by atoms with Crippen molar-refractivity contribution in [2.45, 2.75) is 6.92 Å². The molecular weight excluding hydrogens is 216 g/mol. The van der Waals surface area contributed by atoms with Gasteiger partial charge >= 0.3 is 0 Å². The van der Waals surface area contributed by atoms with E-state index in [0.717, 1.165) is 0 Å². The molecule has 0 spiro atoms. The van der Waals surface area contributed by atoms with Gasteiger partial charge in [0.05, 0.1) is 18.2 Å². The molecule has 0 amide bonds. The van der Waals surface area contributed by atoms with Gasteiger partial charge in [-0.25, -0.2) is 4.98 Å². The molecule has 80 valence electrons. The molecule has 0 unspecified atom stereocenters. The zero-order chi connectivity index (χ0) is 11.1. The molecule has 1 heterocycles. The van der Waals surface area contributed by atoms with E-state index in [0.29, 0.717) is 31.3 Å². The molecule has 1 rings (SSSR count). The van der Waals surface area contributed by atoms with Crippen molar-refractivity contribution in [3.05, 3.63) is 22.8 Å². The zero-order valence-electron chi connectivity index (χ0n) is 8.36. The van der Waals surface area contributed by atoms with E-state index in [1.54, 1.807) is 0 Å². The maximum Gasteiger partial charge on any atom is 0.216 e. The van der Waals surface area contributed by atoms with Gasteiger partial charge in [0, 0.05) is 12.7 Å². The normalized spacial score (nSPS) is 9.67. The maximum absolute atomic E-state index is 8.68. The number of hydrogen-bond donors (Lipinski definition) is 0. The van der Waals surface area contributed by atoms with Crippen molar-refractivity contribution in [2.24, 2.45) is 0 Å². The van der Waals surface area contributed by atoms with Crippen LogP contribution in [0.1, 0.15) is 12.5 Å². The first-order valence-corrected chi connectivity index (χ1v) is 4.92. The molecule has 0 aliphatic carbocycles. The van der Waals surface area contributed by atoms with Crippen LogP contribution in [0.25, 0.3) is 0 Å². The standard InChI is InChI=1S/C10H11ClN2O2/c1-2-14-3-4-15-10-6-8(7-12)5-9(11)13-10/h5-6H,2-4H2,1H3. The van der Waals surface area contributed by atoms with Crippen molar-refractivity contribution in [1.82, 2.24) is 4.98 Å². The fourth-order valence-electron chi connectivity index (χ4n) is 0.961. The Morgan fingerprint density at radius 1 is 1.47 bits per heavy atom. The van der Waals surface area contributed by atoms with Crippen LogP contribution in [-0.2, 0) is 4.74 Å². The minimum Gasteiger partial charge on any atom is -0.475 e. The fraction of sp³-hybridized carbons (Fsp3) is 0.400. The van der Waals surface area contributed by atoms with Crippen molar-refractivity contribution in [3.8, 4) is 11.9 Å². The molecule has 0 saturated heterocycles. The lowest BCUT2D eigenvalue weighted by molar-refractivity contribution is 0.108. The summed E-state index contributed by atoms with van der Waals surface area (Å²) in [5, 5.41) is 8.93. The molecular formula is C10H11ClN2O2. The first-order valence-electron chi connectivity index (χ1n) is 4.54. The van der Waals surface area contributed by atoms with E-state index < -0.39 is 0 Å². The van der Waals surface area contributed by atoms with Gasteiger partial charge in [0.2, 0.25) is 5.88 Å². The lowest BCUT2D eigenvalue weighted by Gasteiger charge is -2.05. The summed E-state index contributed by atoms with van der Waals surface area (Å²) in [7, 11) is 0. The Kier molecular flexibility index (Phi) is 4.88. The topological polar surface area (TPSA) is 55.1 Å². The van der Waals surface area contributed by atoms with Crippen molar-refractivity contribution < 1.29 is 9.47 Å². The second-order valence-electron chi connectivity index (χ2n) is 2.67. The molecule has 0 N–H and O–H groups in total. The van der Waals surface area contributed by atoms with E-state index in [2.05, 4.69) is 4.98 Å². The van der Waals surface area contributed by atoms with Gasteiger partial charge in [-0.3, -0.25) is 0 Å². The third kappa shape index (κ3) is 4.15. The highest BCUT2D eigenvalue weighted by molar-refractivity contribution is 6.29. The monoisotopic (exact) mass is 226 g/mol. The molecule has 0 fully saturated rings. The SMILES string of the molecule is CCOCCOc1cc(C#N)cc(Cl)n1. The second kappa shape index (κ2) is 6.23. The number of nitriles is 1. The van der Waals surface area contributed by atoms with Crippen LogP contribution < -0.4 is 4.74 Å². The maximum atomic E-state index is 8.68. The van der Waals surface area contributed by atoms with E-state index in [1.165, 1.54) is 12.1 Å². The molecule has 5 heteroatoms. The van der Waals surface area contributed by atoms with Crippen LogP contribution >= 0.6 is 11.6 Å². The second-order valence-corrected chi connectivity index (χ2v) is 3.06. The molecule has 0 saturated carbocycles. The molecule has 0 aromatic carbocycles. The van der Waals surface area contributed by atoms with Gasteiger partial charge in [0.1, 0.15) is 11.8 Å². The number of nitrogens with zero attached hydrogens (tertiary/aromatic N) is 2. The molecule has 0 aliphatic heterocycles. The third-order valence-electron chi connectivity index (χ3n) is 1.58. The molecule has 0 radical (unpaired) electrons. The van der Waals surface area contributed by atoms with E-state index in [4.69, 9.17) is 26.3 Å². The van der Waals surface area contributed by atoms with Crippen LogP contribution in [0.2, 0.25) is 5.15 Å². The Balaban J connectivity index is 2.54. The molecule has 1 aromatic rings. The molecule has 0 aliphatic rings. The quantitative estimate of drug-likeness (QED) is 0.569. The number of halogens is 1. The average molecular weight is 227 g/mol. The number of ether oxygens (including phenoxy) is 2. The third-order valence-corrected chi connectivity index (χ3v) is 1.78. The number of pyridine rings is 1. The minimum atomic E-state index is 0.250. The fourth-order valence-corrected chi connectivity index (χ4v) is 1.16. The van der Waals surface area contributed by atoms with Crippen molar-refractivity contribution >= 4 is 11.6 Å². The Labute approximate surface area is 93.4 Å². The first kappa shape index (κ1) is 11.8. The highest BCUT2D eigenvalue weighted by Gasteiger charge is 2.01. The van der Waals surface area contributed by atoms with Crippen LogP contribution in [-0.4, -0.2) is 24.8 Å². The van der Waals surface area contributed by atoms with Crippen LogP contribution in [0.5, 0.6) is 5.88 Å². The Morgan fingerprint density at radius 3 is 2.93 bits per heavy atom. The van der Waals surface area contributed by atoms with Gasteiger partial charge in [-0.1, -0.05) is 11.6 Å². The minimum absolute atomic E-state index is 0.250. The summed E-state index contributed by atoms with van der Waals surface area (Å²) in [6, 6.07) is 5.00. The van der Waals surface area contributed by atoms with Crippen molar-refractivity contribution in [1.29, 1.82) is 5.26 Å². The number of hydrogen-bond acceptors (Lipinski definition) is 4. The Morgan fingerprint density at radius 2 is 2.27 bits per heavy atom. The van der Waals surface area contributed by atoms with Crippen LogP contribution in [0.15, 0.2) is 12.1 Å². The molecule has 4 nitrogen and oxygen atoms in total. The molecule has 0 atom stereocenters. The summed E-state index contributed by atoms with van der Waals surface area (Å²) < 4.78 is 10.4. The van der Waals surface area contributed by atoms with Crippen LogP contribution in [0, 0.1) is 11.3 Å². The summed E-state index contributed by atoms with van der Waals surface area (Å²) in [6.07, 6.45) is 0. The molecule has 0 bridgehead atoms. The molecule has 15 heavy (non-hydrogen) atoms. The van der Waals surface area contributed by atoms with Gasteiger partial charge in [0.25, 0.3) is 0 Å². The summed E-state index contributed by atoms with van der Waals surface area (Å²) >= 11 is 5.70. The van der Waals surface area contributed by atoms with Gasteiger partial charge in [-0.05, 0) is 13.0 Å². The van der Waals surface area contributed by atoms with Crippen LogP contribution in [0.4, 0.5) is 0 Å². The molecule has 1 aromatic heterocycles. The predicted molar refractivity (Wildman–Crippen MR) is 56.0 cm³/mol. The van der Waals surface area contributed by atoms with E-state index in [-0.39, 0.29) is 5.15 Å². The van der Waals surface area contributed by atoms with Gasteiger partial charge in [0.15, 0.2) is 0 Å². The van der Waals surface area contributed by atoms with E-state index in [1.807, 2.05) is 13.0 Å². The lowest BCUT2D eigenvalue weighted by Crippen LogP contribution is -2.07. The summed E-state index contributed by atoms with van der Waals surface area (Å²) in [5.41, 5.74) is 0.432. The predicted octanol–water partition coefficient (Wildman–Crippen LogP) is 2.02. The van der Waals surface area contributed by atoms with Gasteiger partial charge in [-0.2, -0.15) is 5.26 Å². The smallest absolute Gasteiger partial charge is 0.216 e. The highest BCUT2D eigenvalue weighted by atomic mass is 35.5. The van der Waals surface area contributed by atoms with Crippen LogP contribution in [0.3, 0.4) is 0 Å². The van der Waals surface area contributed by atoms with Crippen molar-refractivity contribution in [3.63, 3.8) is 0 Å². The first-order chi connectivity index (χ1) is 7.26. The summed E-state index contributed by atoms with van der Waals surface area (Å²) in [6.45, 7) is 3.44. The van der Waals surface area contributed by atoms with E-state index >= 15 is 0 Å². The van der Waals surface area contributed by atoms with Gasteiger partial charge < -0.3 is 9.47 Å².